The first-order chi connectivity index (χ1) is 52.4. The molecule has 0 aromatic rings. The molecule has 3 rings (SSSR count). The number of rotatable bonds is 71. The molecule has 23 heteroatoms. The molecule has 0 aromatic carbocycles. The smallest absolute Gasteiger partial charge is 0.364 e. The van der Waals surface area contributed by atoms with Crippen molar-refractivity contribution < 1.29 is 104 Å². The molecular formula is C85H160N2O21. The summed E-state index contributed by atoms with van der Waals surface area (Å²) in [6, 6.07) is -2.53. The molecule has 0 radical (unpaired) electrons. The first-order valence-corrected chi connectivity index (χ1v) is 44.0. The summed E-state index contributed by atoms with van der Waals surface area (Å²) in [6.45, 7) is 2.27. The average molecular weight is 1550 g/mol. The number of hydrogen-bond donors (Lipinski definition) is 14. The summed E-state index contributed by atoms with van der Waals surface area (Å²) in [6.07, 6.45) is 42.2. The topological polar surface area (TPSA) is 373 Å². The standard InChI is InChI=1S/C85H160N2O21/c1-4-6-8-10-12-14-16-18-20-22-24-25-26-27-28-29-30-31-32-33-34-35-36-37-38-39-41-43-45-47-49-51-53-55-57-59-72(95)87-66(67(92)58-56-54-52-50-48-46-44-42-40-23-21-19-17-15-13-11-9-7-5-2)64-103-82-77(99)76(98)79(71(63-90)105-82)106-83-78(100)81(75(97)70(62-89)104-83)108-85(84(101)102)60-68(93)73(86-65(3)91)80(107-85)74(96)69(94)61-88/h29-30,66-71,73-83,88-90,92-94,96-100H,4-28,31-64H2,1-3H3,(H,86,91)(H,87,95)(H,101,102)/b30-29-. The van der Waals surface area contributed by atoms with Crippen molar-refractivity contribution in [3.8, 4) is 0 Å². The molecule has 18 atom stereocenters. The van der Waals surface area contributed by atoms with Crippen molar-refractivity contribution in [1.29, 1.82) is 0 Å². The monoisotopic (exact) mass is 1550 g/mol. The van der Waals surface area contributed by atoms with Crippen LogP contribution < -0.4 is 10.6 Å². The van der Waals surface area contributed by atoms with Crippen LogP contribution in [0.25, 0.3) is 0 Å². The highest BCUT2D eigenvalue weighted by atomic mass is 16.8. The van der Waals surface area contributed by atoms with E-state index in [4.69, 9.17) is 28.4 Å². The summed E-state index contributed by atoms with van der Waals surface area (Å²) < 4.78 is 35.0. The van der Waals surface area contributed by atoms with E-state index in [2.05, 4.69) is 36.6 Å². The number of carbonyl (C=O) groups excluding carboxylic acids is 2. The minimum Gasteiger partial charge on any atom is -0.477 e. The maximum Gasteiger partial charge on any atom is 0.364 e. The van der Waals surface area contributed by atoms with Crippen LogP contribution in [0.15, 0.2) is 12.2 Å². The van der Waals surface area contributed by atoms with E-state index in [1.165, 1.54) is 270 Å². The molecule has 0 spiro atoms. The van der Waals surface area contributed by atoms with E-state index in [0.29, 0.717) is 19.3 Å². The van der Waals surface area contributed by atoms with E-state index in [1.54, 1.807) is 0 Å². The Bertz CT molecular complexity index is 2190. The zero-order valence-corrected chi connectivity index (χ0v) is 67.7. The van der Waals surface area contributed by atoms with Gasteiger partial charge in [-0.25, -0.2) is 4.79 Å². The zero-order chi connectivity index (χ0) is 78.8. The van der Waals surface area contributed by atoms with Crippen molar-refractivity contribution >= 4 is 17.8 Å². The highest BCUT2D eigenvalue weighted by Crippen LogP contribution is 2.39. The van der Waals surface area contributed by atoms with Gasteiger partial charge in [-0.3, -0.25) is 9.59 Å². The van der Waals surface area contributed by atoms with Gasteiger partial charge >= 0.3 is 5.97 Å². The largest absolute Gasteiger partial charge is 0.477 e. The Balaban J connectivity index is 1.43. The number of carboxylic acid groups (broad SMARTS) is 1. The van der Waals surface area contributed by atoms with Gasteiger partial charge in [0.2, 0.25) is 11.8 Å². The Hall–Kier alpha value is -2.53. The summed E-state index contributed by atoms with van der Waals surface area (Å²) >= 11 is 0. The van der Waals surface area contributed by atoms with Crippen LogP contribution in [0.1, 0.15) is 374 Å². The zero-order valence-electron chi connectivity index (χ0n) is 67.7. The van der Waals surface area contributed by atoms with Gasteiger partial charge in [-0.1, -0.05) is 328 Å². The van der Waals surface area contributed by atoms with E-state index < -0.39 is 148 Å². The van der Waals surface area contributed by atoms with Crippen LogP contribution in [0.3, 0.4) is 0 Å². The number of amides is 2. The highest BCUT2D eigenvalue weighted by molar-refractivity contribution is 5.77. The molecule has 3 aliphatic heterocycles. The Kier molecular flexibility index (Phi) is 58.8. The van der Waals surface area contributed by atoms with Gasteiger partial charge in [0.05, 0.1) is 50.7 Å². The average Bonchev–Trinajstić information content (AvgIpc) is 0.754. The molecule has 14 N–H and O–H groups in total. The Morgan fingerprint density at radius 3 is 1.25 bits per heavy atom. The Labute approximate surface area is 651 Å². The number of allylic oxidation sites excluding steroid dienone is 2. The van der Waals surface area contributed by atoms with Crippen LogP contribution in [0, 0.1) is 0 Å². The second-order valence-electron chi connectivity index (χ2n) is 32.1. The second kappa shape index (κ2) is 63.7. The van der Waals surface area contributed by atoms with E-state index in [0.717, 1.165) is 58.3 Å². The molecule has 108 heavy (non-hydrogen) atoms. The van der Waals surface area contributed by atoms with Gasteiger partial charge in [0.25, 0.3) is 5.79 Å². The number of nitrogens with one attached hydrogen (secondary N) is 2. The predicted octanol–water partition coefficient (Wildman–Crippen LogP) is 13.3. The lowest BCUT2D eigenvalue weighted by Crippen LogP contribution is -2.70. The molecular weight excluding hydrogens is 1380 g/mol. The van der Waals surface area contributed by atoms with E-state index in [1.807, 2.05) is 0 Å². The van der Waals surface area contributed by atoms with Crippen LogP contribution in [-0.2, 0) is 42.8 Å². The van der Waals surface area contributed by atoms with Crippen molar-refractivity contribution in [3.05, 3.63) is 12.2 Å². The summed E-state index contributed by atoms with van der Waals surface area (Å²) in [5.41, 5.74) is 0. The summed E-state index contributed by atoms with van der Waals surface area (Å²) in [5, 5.41) is 137. The molecule has 3 aliphatic rings. The molecule has 3 fully saturated rings. The Morgan fingerprint density at radius 2 is 0.861 bits per heavy atom. The quantitative estimate of drug-likeness (QED) is 0.0199. The fourth-order valence-electron chi connectivity index (χ4n) is 15.5. The molecule has 2 amide bonds. The maximum atomic E-state index is 13.6. The highest BCUT2D eigenvalue weighted by Gasteiger charge is 2.60. The molecule has 636 valence electrons. The lowest BCUT2D eigenvalue weighted by molar-refractivity contribution is -0.386. The number of carbonyl (C=O) groups is 3. The molecule has 0 saturated carbocycles. The third-order valence-electron chi connectivity index (χ3n) is 22.5. The summed E-state index contributed by atoms with van der Waals surface area (Å²) in [7, 11) is 0. The SMILES string of the molecule is CCCCCCCCCCCCCCCC/C=C\CCCCCCCCCCCCCCCCCCCC(=O)NC(COC1OC(CO)C(OC2OC(CO)C(O)C(OC3(C(=O)O)CC(O)C(NC(C)=O)C(C(O)C(O)CO)O3)C2O)C(O)C1O)C(O)CCCCCCCCCCCCCCCCCCCCC. The lowest BCUT2D eigenvalue weighted by Gasteiger charge is -2.50. The van der Waals surface area contributed by atoms with Gasteiger partial charge in [-0.2, -0.15) is 0 Å². The number of ether oxygens (including phenoxy) is 6. The number of unbranched alkanes of at least 4 members (excludes halogenated alkanes) is 49. The number of carboxylic acids is 1. The minimum absolute atomic E-state index is 0.228. The third kappa shape index (κ3) is 42.7. The Morgan fingerprint density at radius 1 is 0.472 bits per heavy atom. The first kappa shape index (κ1) is 99.7. The molecule has 0 aliphatic carbocycles. The van der Waals surface area contributed by atoms with Crippen molar-refractivity contribution in [3.63, 3.8) is 0 Å². The first-order valence-electron chi connectivity index (χ1n) is 44.0. The predicted molar refractivity (Wildman–Crippen MR) is 422 cm³/mol. The number of aliphatic hydroxyl groups excluding tert-OH is 11. The fraction of sp³-hybridized carbons (Fsp3) is 0.941. The third-order valence-corrected chi connectivity index (χ3v) is 22.5. The van der Waals surface area contributed by atoms with Crippen LogP contribution in [-0.4, -0.2) is 215 Å². The maximum absolute atomic E-state index is 13.6. The van der Waals surface area contributed by atoms with Gasteiger partial charge in [0.1, 0.15) is 67.1 Å². The van der Waals surface area contributed by atoms with E-state index in [-0.39, 0.29) is 18.9 Å². The summed E-state index contributed by atoms with van der Waals surface area (Å²) in [5.74, 6) is -6.09. The minimum atomic E-state index is -3.08. The molecule has 3 saturated heterocycles. The second-order valence-corrected chi connectivity index (χ2v) is 32.1. The van der Waals surface area contributed by atoms with Crippen molar-refractivity contribution in [2.45, 2.75) is 484 Å². The van der Waals surface area contributed by atoms with Crippen LogP contribution in [0.2, 0.25) is 0 Å². The molecule has 3 heterocycles. The van der Waals surface area contributed by atoms with Crippen LogP contribution >= 0.6 is 0 Å². The van der Waals surface area contributed by atoms with Crippen molar-refractivity contribution in [2.24, 2.45) is 0 Å². The van der Waals surface area contributed by atoms with Crippen molar-refractivity contribution in [1.82, 2.24) is 10.6 Å². The van der Waals surface area contributed by atoms with Crippen LogP contribution in [0.5, 0.6) is 0 Å². The fourth-order valence-corrected chi connectivity index (χ4v) is 15.5. The lowest BCUT2D eigenvalue weighted by atomic mass is 9.88. The number of hydrogen-bond acceptors (Lipinski definition) is 20. The van der Waals surface area contributed by atoms with Crippen LogP contribution in [0.4, 0.5) is 0 Å². The van der Waals surface area contributed by atoms with Gasteiger partial charge in [-0.15, -0.1) is 0 Å². The molecule has 0 bridgehead atoms. The van der Waals surface area contributed by atoms with Gasteiger partial charge in [0, 0.05) is 19.8 Å². The van der Waals surface area contributed by atoms with Gasteiger partial charge in [0.15, 0.2) is 12.6 Å². The molecule has 0 aromatic heterocycles. The normalized spacial score (nSPS) is 25.9. The van der Waals surface area contributed by atoms with Gasteiger partial charge in [-0.05, 0) is 38.5 Å². The van der Waals surface area contributed by atoms with Gasteiger partial charge < -0.3 is 100 Å². The summed E-state index contributed by atoms with van der Waals surface area (Å²) in [4.78, 5) is 38.8. The van der Waals surface area contributed by atoms with E-state index >= 15 is 0 Å². The van der Waals surface area contributed by atoms with Crippen molar-refractivity contribution in [2.75, 3.05) is 26.4 Å². The number of aliphatic carboxylic acids is 1. The molecule has 18 unspecified atom stereocenters. The molecule has 23 nitrogen and oxygen atoms in total. The number of aliphatic hydroxyl groups is 11. The van der Waals surface area contributed by atoms with E-state index in [9.17, 15) is 75.7 Å².